The lowest BCUT2D eigenvalue weighted by atomic mass is 10.2. The number of imide groups is 1. The molecule has 0 spiro atoms. The van der Waals surface area contributed by atoms with E-state index in [0.717, 1.165) is 9.37 Å². The summed E-state index contributed by atoms with van der Waals surface area (Å²) in [5.74, 6) is 0.664. The van der Waals surface area contributed by atoms with Crippen molar-refractivity contribution >= 4 is 68.0 Å². The Balaban J connectivity index is 0.000000721. The van der Waals surface area contributed by atoms with Crippen molar-refractivity contribution in [1.82, 2.24) is 9.97 Å². The highest BCUT2D eigenvalue weighted by molar-refractivity contribution is 9.10. The maximum Gasteiger partial charge on any atom is 0.519 e. The number of pyridine rings is 2. The normalized spacial score (nSPS) is 11.3. The van der Waals surface area contributed by atoms with Crippen LogP contribution < -0.4 is 10.6 Å². The second-order valence-corrected chi connectivity index (χ2v) is 14.9. The number of rotatable bonds is 1. The fourth-order valence-corrected chi connectivity index (χ4v) is 3.10. The van der Waals surface area contributed by atoms with Crippen molar-refractivity contribution in [1.29, 1.82) is 0 Å². The van der Waals surface area contributed by atoms with E-state index in [1.165, 1.54) is 12.3 Å². The molecular weight excluding hydrogens is 720 g/mol. The number of carbonyl (C=O) groups is 4. The second kappa shape index (κ2) is 17.3. The van der Waals surface area contributed by atoms with Gasteiger partial charge < -0.3 is 29.4 Å². The molecule has 0 aliphatic rings. The zero-order chi connectivity index (χ0) is 35.4. The third kappa shape index (κ3) is 21.8. The van der Waals surface area contributed by atoms with Gasteiger partial charge in [-0.1, -0.05) is 31.9 Å². The molecule has 0 unspecified atom stereocenters. The van der Waals surface area contributed by atoms with Crippen LogP contribution in [0.1, 0.15) is 83.1 Å². The molecule has 15 heteroatoms. The van der Waals surface area contributed by atoms with Gasteiger partial charge in [0.05, 0.1) is 0 Å². The summed E-state index contributed by atoms with van der Waals surface area (Å²) in [6.07, 6.45) is -0.672. The Labute approximate surface area is 281 Å². The first-order valence-electron chi connectivity index (χ1n) is 13.6. The lowest BCUT2D eigenvalue weighted by Crippen LogP contribution is -2.44. The summed E-state index contributed by atoms with van der Waals surface area (Å²) in [6.45, 7) is 20.3. The Hall–Kier alpha value is -3.46. The number of nitrogen functional groups attached to an aromatic ring is 1. The van der Waals surface area contributed by atoms with Gasteiger partial charge in [-0.05, 0) is 107 Å². The Morgan fingerprint density at radius 1 is 0.622 bits per heavy atom. The molecule has 2 N–H and O–H groups in total. The Morgan fingerprint density at radius 3 is 1.27 bits per heavy atom. The molecule has 13 nitrogen and oxygen atoms in total. The number of hydrogen-bond acceptors (Lipinski definition) is 12. The van der Waals surface area contributed by atoms with Crippen molar-refractivity contribution in [3.05, 3.63) is 45.6 Å². The first-order chi connectivity index (χ1) is 20.2. The van der Waals surface area contributed by atoms with E-state index in [1.807, 2.05) is 6.07 Å². The van der Waals surface area contributed by atoms with Crippen molar-refractivity contribution < 1.29 is 42.9 Å². The standard InChI is InChI=1S/C15H21BrN2O4.C10H18O5.C5H5BrN2/c1-14(2,3)21-12(19)18(13(20)22-15(4,5)6)11-9-10(16)7-8-17-11;1-9(2,3)14-7(11)13-8(12)15-10(4,5)6;6-4-1-2-8-5(7)3-4/h7-9H,1-6H3;1-6H3;1-3H,(H2,7,8). The van der Waals surface area contributed by atoms with Gasteiger partial charge in [0.25, 0.3) is 0 Å². The number of halogens is 2. The van der Waals surface area contributed by atoms with E-state index in [0.29, 0.717) is 10.3 Å². The van der Waals surface area contributed by atoms with Gasteiger partial charge in [-0.3, -0.25) is 0 Å². The number of amides is 2. The second-order valence-electron chi connectivity index (χ2n) is 13.1. The Morgan fingerprint density at radius 2 is 0.978 bits per heavy atom. The van der Waals surface area contributed by atoms with Crippen LogP contribution >= 0.6 is 31.9 Å². The Kier molecular flexibility index (Phi) is 16.0. The molecular formula is C30H44Br2N4O9. The summed E-state index contributed by atoms with van der Waals surface area (Å²) in [5.41, 5.74) is 2.43. The highest BCUT2D eigenvalue weighted by Crippen LogP contribution is 2.22. The smallest absolute Gasteiger partial charge is 0.443 e. The van der Waals surface area contributed by atoms with Crippen LogP contribution in [-0.4, -0.2) is 56.9 Å². The van der Waals surface area contributed by atoms with Crippen molar-refractivity contribution in [2.75, 3.05) is 10.6 Å². The molecule has 2 aromatic rings. The fraction of sp³-hybridized carbons (Fsp3) is 0.533. The van der Waals surface area contributed by atoms with Crippen LogP contribution in [0.5, 0.6) is 0 Å². The van der Waals surface area contributed by atoms with Gasteiger partial charge in [-0.2, -0.15) is 4.90 Å². The average Bonchev–Trinajstić information content (AvgIpc) is 2.74. The molecule has 252 valence electrons. The van der Waals surface area contributed by atoms with E-state index in [-0.39, 0.29) is 5.82 Å². The molecule has 0 aliphatic heterocycles. The number of hydrogen-bond donors (Lipinski definition) is 1. The predicted octanol–water partition coefficient (Wildman–Crippen LogP) is 8.82. The zero-order valence-electron chi connectivity index (χ0n) is 27.8. The van der Waals surface area contributed by atoms with Gasteiger partial charge in [0.15, 0.2) is 0 Å². The van der Waals surface area contributed by atoms with Crippen molar-refractivity contribution in [2.24, 2.45) is 0 Å². The molecule has 0 radical (unpaired) electrons. The summed E-state index contributed by atoms with van der Waals surface area (Å²) in [4.78, 5) is 55.3. The van der Waals surface area contributed by atoms with Crippen LogP contribution in [0.25, 0.3) is 0 Å². The van der Waals surface area contributed by atoms with Crippen LogP contribution in [0.15, 0.2) is 45.6 Å². The molecule has 0 saturated carbocycles. The van der Waals surface area contributed by atoms with E-state index >= 15 is 0 Å². The number of aromatic nitrogens is 2. The molecule has 0 aliphatic carbocycles. The van der Waals surface area contributed by atoms with Crippen LogP contribution in [0.2, 0.25) is 0 Å². The number of carbonyl (C=O) groups excluding carboxylic acids is 4. The fourth-order valence-electron chi connectivity index (χ4n) is 2.42. The highest BCUT2D eigenvalue weighted by Gasteiger charge is 2.33. The molecule has 2 rings (SSSR count). The Bertz CT molecular complexity index is 1220. The maximum absolute atomic E-state index is 12.3. The maximum atomic E-state index is 12.3. The van der Waals surface area contributed by atoms with Gasteiger partial charge in [-0.15, -0.1) is 0 Å². The lowest BCUT2D eigenvalue weighted by molar-refractivity contribution is -0.0294. The largest absolute Gasteiger partial charge is 0.519 e. The van der Waals surface area contributed by atoms with E-state index in [4.69, 9.17) is 24.7 Å². The van der Waals surface area contributed by atoms with E-state index in [1.54, 1.807) is 101 Å². The average molecular weight is 765 g/mol. The minimum atomic E-state index is -1.06. The summed E-state index contributed by atoms with van der Waals surface area (Å²) >= 11 is 6.52. The summed E-state index contributed by atoms with van der Waals surface area (Å²) < 4.78 is 26.0. The predicted molar refractivity (Wildman–Crippen MR) is 177 cm³/mol. The van der Waals surface area contributed by atoms with Crippen LogP contribution in [0, 0.1) is 0 Å². The molecule has 2 amide bonds. The zero-order valence-corrected chi connectivity index (χ0v) is 31.0. The van der Waals surface area contributed by atoms with Crippen LogP contribution in [0.3, 0.4) is 0 Å². The molecule has 45 heavy (non-hydrogen) atoms. The monoisotopic (exact) mass is 762 g/mol. The number of ether oxygens (including phenoxy) is 5. The molecule has 0 saturated heterocycles. The van der Waals surface area contributed by atoms with Gasteiger partial charge in [0.2, 0.25) is 0 Å². The number of anilines is 2. The lowest BCUT2D eigenvalue weighted by Gasteiger charge is -2.28. The topological polar surface area (TPSA) is 169 Å². The molecule has 0 atom stereocenters. The highest BCUT2D eigenvalue weighted by atomic mass is 79.9. The van der Waals surface area contributed by atoms with Gasteiger partial charge in [-0.25, -0.2) is 29.1 Å². The van der Waals surface area contributed by atoms with Crippen molar-refractivity contribution in [2.45, 2.75) is 105 Å². The van der Waals surface area contributed by atoms with Gasteiger partial charge >= 0.3 is 24.5 Å². The third-order valence-electron chi connectivity index (χ3n) is 3.78. The van der Waals surface area contributed by atoms with Crippen LogP contribution in [-0.2, 0) is 23.7 Å². The minimum Gasteiger partial charge on any atom is -0.443 e. The molecule has 0 bridgehead atoms. The summed E-state index contributed by atoms with van der Waals surface area (Å²) in [5, 5.41) is 0. The minimum absolute atomic E-state index is 0.123. The van der Waals surface area contributed by atoms with E-state index in [2.05, 4.69) is 46.6 Å². The van der Waals surface area contributed by atoms with E-state index in [9.17, 15) is 19.2 Å². The van der Waals surface area contributed by atoms with Crippen molar-refractivity contribution in [3.63, 3.8) is 0 Å². The van der Waals surface area contributed by atoms with Crippen molar-refractivity contribution in [3.8, 4) is 0 Å². The first-order valence-corrected chi connectivity index (χ1v) is 15.1. The number of nitrogens with two attached hydrogens (primary N) is 1. The molecule has 0 aromatic carbocycles. The first kappa shape index (κ1) is 41.5. The SMILES string of the molecule is CC(C)(C)OC(=O)N(C(=O)OC(C)(C)C)c1cc(Br)ccn1.CC(C)(C)OC(=O)OC(=O)OC(C)(C)C.Nc1cc(Br)ccn1. The number of nitrogens with zero attached hydrogens (tertiary/aromatic N) is 3. The molecule has 2 heterocycles. The molecule has 0 fully saturated rings. The van der Waals surface area contributed by atoms with Gasteiger partial charge in [0.1, 0.15) is 34.0 Å². The van der Waals surface area contributed by atoms with Gasteiger partial charge in [0, 0.05) is 21.3 Å². The third-order valence-corrected chi connectivity index (χ3v) is 4.76. The molecule has 2 aromatic heterocycles. The van der Waals surface area contributed by atoms with E-state index < -0.39 is 46.9 Å². The summed E-state index contributed by atoms with van der Waals surface area (Å²) in [7, 11) is 0. The van der Waals surface area contributed by atoms with Crippen LogP contribution in [0.4, 0.5) is 30.8 Å². The quantitative estimate of drug-likeness (QED) is 0.167. The summed E-state index contributed by atoms with van der Waals surface area (Å²) in [6, 6.07) is 6.80.